The van der Waals surface area contributed by atoms with Crippen LogP contribution in [0.2, 0.25) is 0 Å². The van der Waals surface area contributed by atoms with Crippen molar-refractivity contribution in [2.24, 2.45) is 5.73 Å². The van der Waals surface area contributed by atoms with Gasteiger partial charge in [0.2, 0.25) is 0 Å². The van der Waals surface area contributed by atoms with Crippen molar-refractivity contribution in [3.8, 4) is 0 Å². The molecule has 0 amide bonds. The minimum atomic E-state index is 0.376. The Balaban J connectivity index is 2.52. The number of hydrogen-bond donors (Lipinski definition) is 1. The number of pyridine rings is 1. The highest BCUT2D eigenvalue weighted by Gasteiger charge is 2.07. The number of aryl methyl sites for hydroxylation is 1. The van der Waals surface area contributed by atoms with Crippen LogP contribution in [-0.4, -0.2) is 21.1 Å². The van der Waals surface area contributed by atoms with Crippen LogP contribution in [0.1, 0.15) is 31.2 Å². The Morgan fingerprint density at radius 3 is 2.87 bits per heavy atom. The molecule has 2 aromatic rings. The van der Waals surface area contributed by atoms with Crippen LogP contribution >= 0.6 is 0 Å². The van der Waals surface area contributed by atoms with Gasteiger partial charge in [0.25, 0.3) is 0 Å². The number of nitrogens with two attached hydrogens (primary N) is 1. The van der Waals surface area contributed by atoms with Crippen molar-refractivity contribution in [1.82, 2.24) is 14.6 Å². The lowest BCUT2D eigenvalue weighted by atomic mass is 10.0. The van der Waals surface area contributed by atoms with Gasteiger partial charge in [-0.25, -0.2) is 0 Å². The lowest BCUT2D eigenvalue weighted by molar-refractivity contribution is 0.764. The highest BCUT2D eigenvalue weighted by molar-refractivity contribution is 5.40. The van der Waals surface area contributed by atoms with Crippen LogP contribution in [0.15, 0.2) is 18.3 Å². The van der Waals surface area contributed by atoms with Gasteiger partial charge in [0.1, 0.15) is 5.82 Å². The van der Waals surface area contributed by atoms with Crippen molar-refractivity contribution in [2.75, 3.05) is 6.54 Å². The smallest absolute Gasteiger partial charge is 0.160 e. The molecule has 2 N–H and O–H groups in total. The van der Waals surface area contributed by atoms with Gasteiger partial charge in [-0.15, -0.1) is 10.2 Å². The third-order valence-corrected chi connectivity index (χ3v) is 2.73. The van der Waals surface area contributed by atoms with Gasteiger partial charge in [-0.1, -0.05) is 19.9 Å². The average molecular weight is 204 g/mol. The molecule has 1 unspecified atom stereocenters. The SMILES string of the molecule is CCc1nnc2ccc(C(C)CN)cn12. The van der Waals surface area contributed by atoms with Gasteiger partial charge in [0.05, 0.1) is 0 Å². The molecule has 2 aromatic heterocycles. The Morgan fingerprint density at radius 2 is 2.20 bits per heavy atom. The molecular weight excluding hydrogens is 188 g/mol. The van der Waals surface area contributed by atoms with E-state index in [9.17, 15) is 0 Å². The first-order valence-electron chi connectivity index (χ1n) is 5.30. The van der Waals surface area contributed by atoms with Gasteiger partial charge in [0.15, 0.2) is 5.65 Å². The Labute approximate surface area is 89.1 Å². The molecule has 4 heteroatoms. The third-order valence-electron chi connectivity index (χ3n) is 2.73. The first-order valence-corrected chi connectivity index (χ1v) is 5.30. The summed E-state index contributed by atoms with van der Waals surface area (Å²) in [5.74, 6) is 1.37. The number of nitrogens with zero attached hydrogens (tertiary/aromatic N) is 3. The van der Waals surface area contributed by atoms with Crippen LogP contribution in [0.5, 0.6) is 0 Å². The predicted molar refractivity (Wildman–Crippen MR) is 59.8 cm³/mol. The van der Waals surface area contributed by atoms with Crippen molar-refractivity contribution in [3.63, 3.8) is 0 Å². The zero-order valence-electron chi connectivity index (χ0n) is 9.14. The normalized spacial score (nSPS) is 13.3. The van der Waals surface area contributed by atoms with Crippen LogP contribution < -0.4 is 5.73 Å². The van der Waals surface area contributed by atoms with E-state index < -0.39 is 0 Å². The second-order valence-electron chi connectivity index (χ2n) is 3.80. The molecule has 0 saturated heterocycles. The molecule has 4 nitrogen and oxygen atoms in total. The summed E-state index contributed by atoms with van der Waals surface area (Å²) < 4.78 is 2.04. The highest BCUT2D eigenvalue weighted by atomic mass is 15.2. The Hall–Kier alpha value is -1.42. The summed E-state index contributed by atoms with van der Waals surface area (Å²) in [5, 5.41) is 8.22. The van der Waals surface area contributed by atoms with Crippen molar-refractivity contribution in [3.05, 3.63) is 29.7 Å². The van der Waals surface area contributed by atoms with E-state index in [1.54, 1.807) is 0 Å². The molecule has 0 bridgehead atoms. The fraction of sp³-hybridized carbons (Fsp3) is 0.455. The largest absolute Gasteiger partial charge is 0.330 e. The average Bonchev–Trinajstić information content (AvgIpc) is 2.69. The fourth-order valence-corrected chi connectivity index (χ4v) is 1.62. The second kappa shape index (κ2) is 3.98. The van der Waals surface area contributed by atoms with E-state index in [0.717, 1.165) is 17.9 Å². The number of fused-ring (bicyclic) bond motifs is 1. The van der Waals surface area contributed by atoms with Gasteiger partial charge >= 0.3 is 0 Å². The lowest BCUT2D eigenvalue weighted by Crippen LogP contribution is -2.09. The standard InChI is InChI=1S/C11H16N4/c1-3-10-13-14-11-5-4-9(7-15(10)11)8(2)6-12/h4-5,7-8H,3,6,12H2,1-2H3. The first kappa shape index (κ1) is 10.1. The van der Waals surface area contributed by atoms with Crippen molar-refractivity contribution >= 4 is 5.65 Å². The van der Waals surface area contributed by atoms with Crippen LogP contribution in [0.25, 0.3) is 5.65 Å². The maximum absolute atomic E-state index is 5.65. The van der Waals surface area contributed by atoms with E-state index in [2.05, 4.69) is 36.3 Å². The van der Waals surface area contributed by atoms with Crippen molar-refractivity contribution < 1.29 is 0 Å². The van der Waals surface area contributed by atoms with E-state index in [0.29, 0.717) is 12.5 Å². The van der Waals surface area contributed by atoms with Gasteiger partial charge in [-0.3, -0.25) is 4.40 Å². The molecule has 15 heavy (non-hydrogen) atoms. The second-order valence-corrected chi connectivity index (χ2v) is 3.80. The first-order chi connectivity index (χ1) is 7.26. The van der Waals surface area contributed by atoms with Crippen LogP contribution in [0.4, 0.5) is 0 Å². The van der Waals surface area contributed by atoms with Gasteiger partial charge < -0.3 is 5.73 Å². The number of aromatic nitrogens is 3. The molecule has 0 aliphatic heterocycles. The quantitative estimate of drug-likeness (QED) is 0.821. The summed E-state index contributed by atoms with van der Waals surface area (Å²) >= 11 is 0. The number of rotatable bonds is 3. The summed E-state index contributed by atoms with van der Waals surface area (Å²) in [6, 6.07) is 4.06. The summed E-state index contributed by atoms with van der Waals surface area (Å²) in [5.41, 5.74) is 7.79. The van der Waals surface area contributed by atoms with E-state index >= 15 is 0 Å². The maximum atomic E-state index is 5.65. The molecule has 0 saturated carbocycles. The molecule has 0 radical (unpaired) electrons. The Bertz CT molecular complexity index is 461. The molecule has 0 aromatic carbocycles. The minimum absolute atomic E-state index is 0.376. The van der Waals surface area contributed by atoms with E-state index in [-0.39, 0.29) is 0 Å². The zero-order valence-corrected chi connectivity index (χ0v) is 9.14. The topological polar surface area (TPSA) is 56.2 Å². The monoisotopic (exact) mass is 204 g/mol. The van der Waals surface area contributed by atoms with Gasteiger partial charge in [0, 0.05) is 12.6 Å². The van der Waals surface area contributed by atoms with Crippen molar-refractivity contribution in [1.29, 1.82) is 0 Å². The lowest BCUT2D eigenvalue weighted by Gasteiger charge is -2.09. The number of hydrogen-bond acceptors (Lipinski definition) is 3. The molecular formula is C11H16N4. The third kappa shape index (κ3) is 1.72. The molecule has 2 rings (SSSR count). The van der Waals surface area contributed by atoms with Crippen LogP contribution in [0.3, 0.4) is 0 Å². The van der Waals surface area contributed by atoms with E-state index in [1.165, 1.54) is 5.56 Å². The molecule has 0 aliphatic carbocycles. The molecule has 80 valence electrons. The Morgan fingerprint density at radius 1 is 1.40 bits per heavy atom. The minimum Gasteiger partial charge on any atom is -0.330 e. The Kier molecular flexibility index (Phi) is 2.68. The molecule has 0 fully saturated rings. The zero-order chi connectivity index (χ0) is 10.8. The van der Waals surface area contributed by atoms with E-state index in [4.69, 9.17) is 5.73 Å². The highest BCUT2D eigenvalue weighted by Crippen LogP contribution is 2.15. The summed E-state index contributed by atoms with van der Waals surface area (Å²) in [6.07, 6.45) is 2.98. The molecule has 0 aliphatic rings. The molecule has 2 heterocycles. The molecule has 0 spiro atoms. The summed E-state index contributed by atoms with van der Waals surface area (Å²) in [4.78, 5) is 0. The van der Waals surface area contributed by atoms with Crippen molar-refractivity contribution in [2.45, 2.75) is 26.2 Å². The van der Waals surface area contributed by atoms with Crippen LogP contribution in [-0.2, 0) is 6.42 Å². The predicted octanol–water partition coefficient (Wildman–Crippen LogP) is 1.35. The molecule has 1 atom stereocenters. The summed E-state index contributed by atoms with van der Waals surface area (Å²) in [7, 11) is 0. The van der Waals surface area contributed by atoms with E-state index in [1.807, 2.05) is 10.5 Å². The van der Waals surface area contributed by atoms with Gasteiger partial charge in [-0.05, 0) is 24.1 Å². The van der Waals surface area contributed by atoms with Gasteiger partial charge in [-0.2, -0.15) is 0 Å². The van der Waals surface area contributed by atoms with Crippen LogP contribution in [0, 0.1) is 0 Å². The maximum Gasteiger partial charge on any atom is 0.160 e. The fourth-order valence-electron chi connectivity index (χ4n) is 1.62. The summed E-state index contributed by atoms with van der Waals surface area (Å²) in [6.45, 7) is 4.86.